The molecule has 1 aromatic carbocycles. The van der Waals surface area contributed by atoms with Crippen LogP contribution in [0.3, 0.4) is 0 Å². The molecule has 0 bridgehead atoms. The molecule has 1 aliphatic heterocycles. The Morgan fingerprint density at radius 3 is 2.62 bits per heavy atom. The molecule has 21 heavy (non-hydrogen) atoms. The number of para-hydroxylation sites is 1. The van der Waals surface area contributed by atoms with E-state index in [9.17, 15) is 9.90 Å². The first-order valence-corrected chi connectivity index (χ1v) is 7.99. The Labute approximate surface area is 134 Å². The number of hydrogen-bond donors (Lipinski definition) is 1. The molecule has 0 radical (unpaired) electrons. The number of carboxylic acid groups (broad SMARTS) is 1. The van der Waals surface area contributed by atoms with Gasteiger partial charge in [0, 0.05) is 25.4 Å². The number of benzene rings is 1. The van der Waals surface area contributed by atoms with E-state index < -0.39 is 6.09 Å². The van der Waals surface area contributed by atoms with Crippen LogP contribution < -0.4 is 4.74 Å². The van der Waals surface area contributed by atoms with Crippen molar-refractivity contribution in [3.05, 3.63) is 28.7 Å². The van der Waals surface area contributed by atoms with E-state index in [0.717, 1.165) is 23.1 Å². The van der Waals surface area contributed by atoms with Crippen LogP contribution in [0.15, 0.2) is 28.7 Å². The minimum atomic E-state index is -0.839. The van der Waals surface area contributed by atoms with Crippen molar-refractivity contribution in [3.63, 3.8) is 0 Å². The van der Waals surface area contributed by atoms with Crippen molar-refractivity contribution in [3.8, 4) is 5.75 Å². The van der Waals surface area contributed by atoms with E-state index in [4.69, 9.17) is 4.74 Å². The van der Waals surface area contributed by atoms with E-state index in [2.05, 4.69) is 36.7 Å². The number of halogens is 1. The summed E-state index contributed by atoms with van der Waals surface area (Å²) in [5, 5.41) is 9.37. The summed E-state index contributed by atoms with van der Waals surface area (Å²) < 4.78 is 7.00. The van der Waals surface area contributed by atoms with Crippen molar-refractivity contribution in [1.29, 1.82) is 0 Å². The van der Waals surface area contributed by atoms with Crippen LogP contribution in [0, 0.1) is 5.41 Å². The maximum atomic E-state index is 11.4. The van der Waals surface area contributed by atoms with Crippen molar-refractivity contribution in [2.75, 3.05) is 6.54 Å². The van der Waals surface area contributed by atoms with E-state index in [1.165, 1.54) is 0 Å². The second kappa shape index (κ2) is 6.26. The molecule has 1 N–H and O–H groups in total. The monoisotopic (exact) mass is 355 g/mol. The van der Waals surface area contributed by atoms with Gasteiger partial charge in [-0.1, -0.05) is 32.9 Å². The molecule has 4 nitrogen and oxygen atoms in total. The van der Waals surface area contributed by atoms with Crippen molar-refractivity contribution >= 4 is 22.0 Å². The number of ether oxygens (including phenoxy) is 1. The predicted molar refractivity (Wildman–Crippen MR) is 85.8 cm³/mol. The lowest BCUT2D eigenvalue weighted by molar-refractivity contribution is 0.0128. The fourth-order valence-electron chi connectivity index (χ4n) is 2.81. The summed E-state index contributed by atoms with van der Waals surface area (Å²) in [4.78, 5) is 13.0. The van der Waals surface area contributed by atoms with Gasteiger partial charge in [-0.05, 0) is 33.5 Å². The van der Waals surface area contributed by atoms with Gasteiger partial charge in [-0.25, -0.2) is 4.79 Å². The quantitative estimate of drug-likeness (QED) is 0.855. The zero-order valence-corrected chi connectivity index (χ0v) is 14.3. The Kier molecular flexibility index (Phi) is 4.81. The summed E-state index contributed by atoms with van der Waals surface area (Å²) in [6.07, 6.45) is 0.648. The van der Waals surface area contributed by atoms with Gasteiger partial charge in [-0.3, -0.25) is 0 Å². The highest BCUT2D eigenvalue weighted by Crippen LogP contribution is 2.34. The number of nitrogens with zero attached hydrogens (tertiary/aromatic N) is 1. The van der Waals surface area contributed by atoms with E-state index in [-0.39, 0.29) is 17.6 Å². The van der Waals surface area contributed by atoms with Crippen LogP contribution >= 0.6 is 15.9 Å². The fraction of sp³-hybridized carbons (Fsp3) is 0.562. The minimum Gasteiger partial charge on any atom is -0.489 e. The molecule has 1 aromatic rings. The molecular formula is C16H22BrNO3. The molecule has 1 aliphatic rings. The number of piperidine rings is 1. The van der Waals surface area contributed by atoms with Gasteiger partial charge in [-0.15, -0.1) is 0 Å². The van der Waals surface area contributed by atoms with E-state index in [1.54, 1.807) is 4.90 Å². The number of hydrogen-bond acceptors (Lipinski definition) is 2. The Morgan fingerprint density at radius 2 is 2.05 bits per heavy atom. The average Bonchev–Trinajstić information content (AvgIpc) is 2.40. The van der Waals surface area contributed by atoms with E-state index in [0.29, 0.717) is 6.54 Å². The van der Waals surface area contributed by atoms with Crippen LogP contribution in [0.2, 0.25) is 0 Å². The minimum absolute atomic E-state index is 0.0313. The lowest BCUT2D eigenvalue weighted by Gasteiger charge is -2.44. The van der Waals surface area contributed by atoms with Crippen molar-refractivity contribution in [2.45, 2.75) is 45.8 Å². The zero-order valence-electron chi connectivity index (χ0n) is 12.7. The Bertz CT molecular complexity index is 512. The molecular weight excluding hydrogens is 334 g/mol. The van der Waals surface area contributed by atoms with Gasteiger partial charge in [0.2, 0.25) is 0 Å². The second-order valence-electron chi connectivity index (χ2n) is 6.55. The Balaban J connectivity index is 2.11. The second-order valence-corrected chi connectivity index (χ2v) is 7.41. The maximum absolute atomic E-state index is 11.4. The van der Waals surface area contributed by atoms with Crippen molar-refractivity contribution in [2.24, 2.45) is 5.41 Å². The number of rotatable bonds is 2. The molecule has 1 saturated heterocycles. The number of carbonyl (C=O) groups is 1. The van der Waals surface area contributed by atoms with Crippen LogP contribution in [0.5, 0.6) is 5.75 Å². The average molecular weight is 356 g/mol. The molecule has 0 aliphatic carbocycles. The first-order chi connectivity index (χ1) is 9.79. The molecule has 2 unspecified atom stereocenters. The first kappa shape index (κ1) is 16.1. The summed E-state index contributed by atoms with van der Waals surface area (Å²) in [6.45, 7) is 6.75. The highest BCUT2D eigenvalue weighted by Gasteiger charge is 2.39. The van der Waals surface area contributed by atoms with Crippen LogP contribution in [-0.2, 0) is 0 Å². The van der Waals surface area contributed by atoms with Gasteiger partial charge >= 0.3 is 6.09 Å². The van der Waals surface area contributed by atoms with Crippen LogP contribution in [0.4, 0.5) is 4.79 Å². The molecule has 0 spiro atoms. The smallest absolute Gasteiger partial charge is 0.407 e. The molecule has 1 amide bonds. The molecule has 2 atom stereocenters. The number of likely N-dealkylation sites (tertiary alicyclic amines) is 1. The molecule has 2 rings (SSSR count). The highest BCUT2D eigenvalue weighted by atomic mass is 79.9. The van der Waals surface area contributed by atoms with Crippen LogP contribution in [-0.4, -0.2) is 34.8 Å². The molecule has 116 valence electrons. The number of amides is 1. The summed E-state index contributed by atoms with van der Waals surface area (Å²) in [5.74, 6) is 0.818. The van der Waals surface area contributed by atoms with Crippen LogP contribution in [0.25, 0.3) is 0 Å². The SMILES string of the molecule is CC(C)(C)C1CC(Oc2ccccc2Br)CCN1C(=O)O. The highest BCUT2D eigenvalue weighted by molar-refractivity contribution is 9.10. The third-order valence-corrected chi connectivity index (χ3v) is 4.59. The molecule has 1 fully saturated rings. The lowest BCUT2D eigenvalue weighted by Crippen LogP contribution is -2.53. The molecule has 5 heteroatoms. The van der Waals surface area contributed by atoms with Gasteiger partial charge in [0.05, 0.1) is 4.47 Å². The van der Waals surface area contributed by atoms with Crippen molar-refractivity contribution in [1.82, 2.24) is 4.90 Å². The summed E-state index contributed by atoms with van der Waals surface area (Å²) in [5.41, 5.74) is -0.103. The predicted octanol–water partition coefficient (Wildman–Crippen LogP) is 4.39. The van der Waals surface area contributed by atoms with Crippen molar-refractivity contribution < 1.29 is 14.6 Å². The summed E-state index contributed by atoms with van der Waals surface area (Å²) >= 11 is 3.48. The molecule has 1 heterocycles. The standard InChI is InChI=1S/C16H22BrNO3/c1-16(2,3)14-10-11(8-9-18(14)15(19)20)21-13-7-5-4-6-12(13)17/h4-7,11,14H,8-10H2,1-3H3,(H,19,20). The van der Waals surface area contributed by atoms with Gasteiger partial charge in [0.1, 0.15) is 11.9 Å². The third-order valence-electron chi connectivity index (χ3n) is 3.93. The largest absolute Gasteiger partial charge is 0.489 e. The normalized spacial score (nSPS) is 23.0. The van der Waals surface area contributed by atoms with E-state index >= 15 is 0 Å². The Morgan fingerprint density at radius 1 is 1.38 bits per heavy atom. The zero-order chi connectivity index (χ0) is 15.6. The molecule has 0 aromatic heterocycles. The third kappa shape index (κ3) is 3.90. The topological polar surface area (TPSA) is 49.8 Å². The first-order valence-electron chi connectivity index (χ1n) is 7.20. The van der Waals surface area contributed by atoms with Gasteiger partial charge in [-0.2, -0.15) is 0 Å². The Hall–Kier alpha value is -1.23. The maximum Gasteiger partial charge on any atom is 0.407 e. The van der Waals surface area contributed by atoms with E-state index in [1.807, 2.05) is 24.3 Å². The summed E-state index contributed by atoms with van der Waals surface area (Å²) in [6, 6.07) is 7.73. The summed E-state index contributed by atoms with van der Waals surface area (Å²) in [7, 11) is 0. The fourth-order valence-corrected chi connectivity index (χ4v) is 3.19. The van der Waals surface area contributed by atoms with Gasteiger partial charge in [0.15, 0.2) is 0 Å². The molecule has 0 saturated carbocycles. The van der Waals surface area contributed by atoms with Gasteiger partial charge in [0.25, 0.3) is 0 Å². The van der Waals surface area contributed by atoms with Gasteiger partial charge < -0.3 is 14.7 Å². The van der Waals surface area contributed by atoms with Crippen LogP contribution in [0.1, 0.15) is 33.6 Å². The lowest BCUT2D eigenvalue weighted by atomic mass is 9.80.